The lowest BCUT2D eigenvalue weighted by Gasteiger charge is -2.36. The number of benzene rings is 1. The number of rotatable bonds is 1. The minimum atomic E-state index is -0.211. The van der Waals surface area contributed by atoms with Gasteiger partial charge in [-0.3, -0.25) is 0 Å². The van der Waals surface area contributed by atoms with Gasteiger partial charge in [-0.15, -0.1) is 0 Å². The molecule has 0 N–H and O–H groups in total. The number of halogens is 2. The number of aliphatic imine (C=N–C) groups is 1. The highest BCUT2D eigenvalue weighted by Crippen LogP contribution is 2.50. The number of methoxy groups -OCH3 is 1. The zero-order valence-electron chi connectivity index (χ0n) is 11.8. The van der Waals surface area contributed by atoms with E-state index >= 15 is 0 Å². The van der Waals surface area contributed by atoms with E-state index in [9.17, 15) is 4.39 Å². The van der Waals surface area contributed by atoms with Crippen molar-refractivity contribution in [3.63, 3.8) is 0 Å². The molecule has 1 fully saturated rings. The normalized spacial score (nSPS) is 29.6. The average molecular weight is 351 g/mol. The Labute approximate surface area is 132 Å². The fourth-order valence-electron chi connectivity index (χ4n) is 3.73. The van der Waals surface area contributed by atoms with Gasteiger partial charge < -0.3 is 4.74 Å². The van der Waals surface area contributed by atoms with Gasteiger partial charge in [0.25, 0.3) is 0 Å². The van der Waals surface area contributed by atoms with Crippen LogP contribution in [0.15, 0.2) is 21.6 Å². The first-order chi connectivity index (χ1) is 10.1. The lowest BCUT2D eigenvalue weighted by Crippen LogP contribution is -2.35. The van der Waals surface area contributed by atoms with Crippen LogP contribution in [0.5, 0.6) is 0 Å². The Morgan fingerprint density at radius 2 is 2.14 bits per heavy atom. The highest BCUT2D eigenvalue weighted by Gasteiger charge is 2.47. The molecule has 0 aliphatic heterocycles. The van der Waals surface area contributed by atoms with Crippen LogP contribution in [0.3, 0.4) is 0 Å². The van der Waals surface area contributed by atoms with E-state index in [1.165, 1.54) is 6.07 Å². The Balaban J connectivity index is 2.07. The highest BCUT2D eigenvalue weighted by atomic mass is 79.9. The molecular formula is C16H16BrFN2O. The van der Waals surface area contributed by atoms with Crippen molar-refractivity contribution < 1.29 is 9.13 Å². The van der Waals surface area contributed by atoms with Gasteiger partial charge in [0.05, 0.1) is 11.8 Å². The molecule has 0 bridgehead atoms. The summed E-state index contributed by atoms with van der Waals surface area (Å²) in [4.78, 5) is 4.08. The van der Waals surface area contributed by atoms with Crippen LogP contribution in [-0.4, -0.2) is 18.9 Å². The summed E-state index contributed by atoms with van der Waals surface area (Å²) in [6.07, 6.45) is 6.41. The number of ether oxygens (including phenoxy) is 1. The molecular weight excluding hydrogens is 335 g/mol. The Hall–Kier alpha value is -1.25. The van der Waals surface area contributed by atoms with Gasteiger partial charge >= 0.3 is 0 Å². The predicted octanol–water partition coefficient (Wildman–Crippen LogP) is 3.99. The maximum Gasteiger partial charge on any atom is 0.205 e. The molecule has 0 saturated heterocycles. The monoisotopic (exact) mass is 350 g/mol. The second-order valence-corrected chi connectivity index (χ2v) is 6.69. The molecule has 1 aromatic carbocycles. The van der Waals surface area contributed by atoms with E-state index in [-0.39, 0.29) is 17.3 Å². The molecule has 110 valence electrons. The first-order valence-corrected chi connectivity index (χ1v) is 7.88. The molecule has 0 aromatic heterocycles. The van der Waals surface area contributed by atoms with Crippen LogP contribution in [-0.2, 0) is 11.2 Å². The smallest absolute Gasteiger partial charge is 0.205 e. The van der Waals surface area contributed by atoms with Crippen LogP contribution in [0.1, 0.15) is 36.8 Å². The molecule has 1 spiro atoms. The first kappa shape index (κ1) is 14.7. The Morgan fingerprint density at radius 3 is 2.76 bits per heavy atom. The Morgan fingerprint density at radius 1 is 1.43 bits per heavy atom. The van der Waals surface area contributed by atoms with E-state index in [2.05, 4.69) is 20.9 Å². The van der Waals surface area contributed by atoms with Crippen molar-refractivity contribution in [2.45, 2.75) is 38.2 Å². The second kappa shape index (κ2) is 5.51. The van der Waals surface area contributed by atoms with Crippen LogP contribution >= 0.6 is 15.9 Å². The summed E-state index contributed by atoms with van der Waals surface area (Å²) in [6.45, 7) is 0. The van der Waals surface area contributed by atoms with Crippen molar-refractivity contribution in [2.24, 2.45) is 10.4 Å². The molecule has 0 atom stereocenters. The van der Waals surface area contributed by atoms with E-state index in [1.54, 1.807) is 13.2 Å². The van der Waals surface area contributed by atoms with Crippen molar-refractivity contribution in [1.82, 2.24) is 0 Å². The topological polar surface area (TPSA) is 45.4 Å². The molecule has 1 aromatic rings. The highest BCUT2D eigenvalue weighted by molar-refractivity contribution is 9.10. The second-order valence-electron chi connectivity index (χ2n) is 5.84. The molecule has 1 saturated carbocycles. The van der Waals surface area contributed by atoms with Crippen LogP contribution in [0.2, 0.25) is 0 Å². The fourth-order valence-corrected chi connectivity index (χ4v) is 4.29. The Kier molecular flexibility index (Phi) is 3.85. The maximum atomic E-state index is 14.2. The number of nitriles is 1. The molecule has 0 radical (unpaired) electrons. The number of nitrogens with zero attached hydrogens (tertiary/aromatic N) is 2. The van der Waals surface area contributed by atoms with Crippen LogP contribution in [0, 0.1) is 22.7 Å². The number of hydrogen-bond donors (Lipinski definition) is 0. The van der Waals surface area contributed by atoms with Gasteiger partial charge in [0, 0.05) is 22.6 Å². The maximum absolute atomic E-state index is 14.2. The number of hydrogen-bond acceptors (Lipinski definition) is 3. The van der Waals surface area contributed by atoms with Crippen LogP contribution < -0.4 is 0 Å². The largest absolute Gasteiger partial charge is 0.381 e. The lowest BCUT2D eigenvalue weighted by molar-refractivity contribution is 0.0467. The van der Waals surface area contributed by atoms with Crippen molar-refractivity contribution in [3.8, 4) is 6.19 Å². The van der Waals surface area contributed by atoms with Gasteiger partial charge in [0.1, 0.15) is 5.82 Å². The van der Waals surface area contributed by atoms with Gasteiger partial charge in [-0.05, 0) is 49.8 Å². The summed E-state index contributed by atoms with van der Waals surface area (Å²) >= 11 is 3.49. The van der Waals surface area contributed by atoms with Crippen molar-refractivity contribution in [1.29, 1.82) is 5.26 Å². The predicted molar refractivity (Wildman–Crippen MR) is 81.7 cm³/mol. The lowest BCUT2D eigenvalue weighted by atomic mass is 9.70. The third kappa shape index (κ3) is 2.31. The van der Waals surface area contributed by atoms with Crippen molar-refractivity contribution >= 4 is 21.6 Å². The minimum absolute atomic E-state index is 0.204. The third-order valence-corrected chi connectivity index (χ3v) is 5.50. The summed E-state index contributed by atoms with van der Waals surface area (Å²) < 4.78 is 20.4. The third-order valence-electron chi connectivity index (χ3n) is 4.84. The van der Waals surface area contributed by atoms with Gasteiger partial charge in [-0.1, -0.05) is 15.9 Å². The molecule has 21 heavy (non-hydrogen) atoms. The minimum Gasteiger partial charge on any atom is -0.381 e. The number of fused-ring (bicyclic) bond motifs is 1. The molecule has 3 rings (SSSR count). The standard InChI is InChI=1S/C16H16BrFN2O/c1-21-10-4-6-16(7-5-10)8-11-13(18)3-2-12(17)14(11)15(16)20-9-19/h2-3,10H,4-8H2,1H3/b20-15-. The average Bonchev–Trinajstić information content (AvgIpc) is 2.80. The van der Waals surface area contributed by atoms with Crippen LogP contribution in [0.4, 0.5) is 4.39 Å². The molecule has 0 unspecified atom stereocenters. The summed E-state index contributed by atoms with van der Waals surface area (Å²) in [5.74, 6) is -0.204. The zero-order valence-corrected chi connectivity index (χ0v) is 13.4. The summed E-state index contributed by atoms with van der Waals surface area (Å²) in [5.41, 5.74) is 2.01. The quantitative estimate of drug-likeness (QED) is 0.718. The van der Waals surface area contributed by atoms with Crippen LogP contribution in [0.25, 0.3) is 0 Å². The molecule has 5 heteroatoms. The van der Waals surface area contributed by atoms with E-state index in [4.69, 9.17) is 10.00 Å². The SMILES string of the molecule is COC1CCC2(CC1)Cc1c(F)ccc(Br)c1/C2=N/C#N. The van der Waals surface area contributed by atoms with Crippen molar-refractivity contribution in [3.05, 3.63) is 33.5 Å². The zero-order chi connectivity index (χ0) is 15.0. The van der Waals surface area contributed by atoms with E-state index < -0.39 is 0 Å². The summed E-state index contributed by atoms with van der Waals surface area (Å²) in [6, 6.07) is 3.17. The molecule has 0 amide bonds. The summed E-state index contributed by atoms with van der Waals surface area (Å²) in [7, 11) is 1.73. The van der Waals surface area contributed by atoms with E-state index in [0.717, 1.165) is 41.4 Å². The first-order valence-electron chi connectivity index (χ1n) is 7.08. The van der Waals surface area contributed by atoms with Gasteiger partial charge in [0.15, 0.2) is 0 Å². The van der Waals surface area contributed by atoms with E-state index in [0.29, 0.717) is 12.0 Å². The van der Waals surface area contributed by atoms with Gasteiger partial charge in [-0.2, -0.15) is 10.3 Å². The van der Waals surface area contributed by atoms with Crippen molar-refractivity contribution in [2.75, 3.05) is 7.11 Å². The molecule has 0 heterocycles. The van der Waals surface area contributed by atoms with Gasteiger partial charge in [0.2, 0.25) is 6.19 Å². The molecule has 3 nitrogen and oxygen atoms in total. The van der Waals surface area contributed by atoms with E-state index in [1.807, 2.05) is 6.19 Å². The van der Waals surface area contributed by atoms with Gasteiger partial charge in [-0.25, -0.2) is 4.39 Å². The summed E-state index contributed by atoms with van der Waals surface area (Å²) in [5, 5.41) is 9.05. The fraction of sp³-hybridized carbons (Fsp3) is 0.500. The Bertz CT molecular complexity index is 642. The molecule has 2 aliphatic carbocycles. The molecule has 2 aliphatic rings.